The van der Waals surface area contributed by atoms with E-state index in [1.54, 1.807) is 189 Å². The zero-order chi connectivity index (χ0) is 75.7. The van der Waals surface area contributed by atoms with Crippen LogP contribution in [0, 0.1) is 26.0 Å². The zero-order valence-electron chi connectivity index (χ0n) is 59.6. The lowest BCUT2D eigenvalue weighted by molar-refractivity contribution is -0.435. The summed E-state index contributed by atoms with van der Waals surface area (Å²) < 4.78 is 16.8. The minimum absolute atomic E-state index is 0.100. The molecule has 0 radical (unpaired) electrons. The van der Waals surface area contributed by atoms with E-state index in [0.717, 1.165) is 28.1 Å². The Morgan fingerprint density at radius 1 is 0.422 bits per heavy atom. The molecule has 0 saturated carbocycles. The molecule has 0 atom stereocenters. The Labute approximate surface area is 622 Å². The van der Waals surface area contributed by atoms with Crippen LogP contribution in [0.5, 0.6) is 11.5 Å². The average Bonchev–Trinajstić information content (AvgIpc) is 1.64. The van der Waals surface area contributed by atoms with Gasteiger partial charge in [0.05, 0.1) is 54.0 Å². The van der Waals surface area contributed by atoms with Gasteiger partial charge in [0.2, 0.25) is 18.5 Å². The van der Waals surface area contributed by atoms with Crippen LogP contribution in [0.2, 0.25) is 0 Å². The molecule has 4 aromatic heterocycles. The normalized spacial score (nSPS) is 14.0. The number of aryl methyl sites for hydroxylation is 3. The van der Waals surface area contributed by atoms with Crippen molar-refractivity contribution in [1.82, 2.24) is 39.1 Å². The molecule has 0 aliphatic carbocycles. The summed E-state index contributed by atoms with van der Waals surface area (Å²) in [5.74, 6) is 0.340. The number of anilines is 6. The van der Waals surface area contributed by atoms with Crippen LogP contribution in [-0.4, -0.2) is 127 Å². The Bertz CT molecular complexity index is 5610. The van der Waals surface area contributed by atoms with E-state index in [4.69, 9.17) is 15.2 Å². The maximum absolute atomic E-state index is 13.9. The highest BCUT2D eigenvalue weighted by atomic mass is 16.5. The summed E-state index contributed by atoms with van der Waals surface area (Å²) in [4.78, 5) is 97.6. The van der Waals surface area contributed by atoms with E-state index >= 15 is 0 Å². The number of nitrogens with one attached hydrogen (secondary N) is 2. The first-order valence-corrected chi connectivity index (χ1v) is 34.8. The molecule has 4 aliphatic heterocycles. The quantitative estimate of drug-likeness (QED) is 0.0293. The molecule has 0 bridgehead atoms. The van der Waals surface area contributed by atoms with E-state index < -0.39 is 5.91 Å². The molecule has 0 spiro atoms. The van der Waals surface area contributed by atoms with E-state index in [9.17, 15) is 38.8 Å². The molecule has 544 valence electrons. The number of carbonyl (C=O) groups is 7. The Morgan fingerprint density at radius 2 is 0.734 bits per heavy atom. The number of carbonyl (C=O) groups excluding carboxylic acids is 7. The van der Waals surface area contributed by atoms with Crippen LogP contribution in [0.1, 0.15) is 91.5 Å². The van der Waals surface area contributed by atoms with Crippen LogP contribution in [0.3, 0.4) is 0 Å². The predicted molar refractivity (Wildman–Crippen MR) is 406 cm³/mol. The third-order valence-electron chi connectivity index (χ3n) is 19.4. The SMILES string of the molecule is COc1ccc(-n2nc(NC=O)c3c2C(=O)N(c2ccc(N=Nc4ccc(N5CCc6c(C(N)=O)nn(-c7ccc(C)cc7)c6C5=O)cc4)cc2)CC3)cc1.COc1ccc(-n2nc(NC=O)c3c2C(=O)N(c2ccc(N=[N+]([O-])c4ccc(N5CCc6c(C)nn(-c7ccc(C)cc7)c6C5=O)cc4)cc2)CC3)cc1. The minimum atomic E-state index is -0.677. The highest BCUT2D eigenvalue weighted by molar-refractivity contribution is 6.11. The number of hydrogen-bond acceptors (Lipinski definition) is 17. The van der Waals surface area contributed by atoms with Crippen molar-refractivity contribution in [1.29, 1.82) is 0 Å². The van der Waals surface area contributed by atoms with Gasteiger partial charge in [0.15, 0.2) is 17.3 Å². The smallest absolute Gasteiger partial charge is 0.277 e. The Kier molecular flexibility index (Phi) is 19.0. The number of azo groups is 2. The van der Waals surface area contributed by atoms with Crippen LogP contribution in [0.25, 0.3) is 22.7 Å². The largest absolute Gasteiger partial charge is 0.594 e. The van der Waals surface area contributed by atoms with Crippen LogP contribution < -0.4 is 45.4 Å². The molecular formula is C80H69N19O10. The van der Waals surface area contributed by atoms with Gasteiger partial charge in [0.1, 0.15) is 40.0 Å². The van der Waals surface area contributed by atoms with Crippen molar-refractivity contribution in [3.05, 3.63) is 267 Å². The molecule has 0 unspecified atom stereocenters. The molecule has 0 fully saturated rings. The number of primary amides is 1. The van der Waals surface area contributed by atoms with Crippen molar-refractivity contribution in [2.24, 2.45) is 21.1 Å². The van der Waals surface area contributed by atoms with Crippen LogP contribution in [0.15, 0.2) is 209 Å². The highest BCUT2D eigenvalue weighted by Gasteiger charge is 2.38. The van der Waals surface area contributed by atoms with Gasteiger partial charge in [-0.2, -0.15) is 20.4 Å². The van der Waals surface area contributed by atoms with Crippen LogP contribution >= 0.6 is 0 Å². The molecule has 4 N–H and O–H groups in total. The predicted octanol–water partition coefficient (Wildman–Crippen LogP) is 12.4. The van der Waals surface area contributed by atoms with Gasteiger partial charge in [-0.25, -0.2) is 18.7 Å². The van der Waals surface area contributed by atoms with Gasteiger partial charge >= 0.3 is 0 Å². The summed E-state index contributed by atoms with van der Waals surface area (Å²) in [5.41, 5.74) is 20.3. The first-order chi connectivity index (χ1) is 53.0. The summed E-state index contributed by atoms with van der Waals surface area (Å²) in [6.07, 6.45) is 3.12. The van der Waals surface area contributed by atoms with Gasteiger partial charge in [-0.1, -0.05) is 40.3 Å². The van der Waals surface area contributed by atoms with Gasteiger partial charge in [-0.05, 0) is 204 Å². The van der Waals surface area contributed by atoms with Crippen molar-refractivity contribution in [3.63, 3.8) is 0 Å². The number of methoxy groups -OCH3 is 2. The van der Waals surface area contributed by atoms with E-state index in [2.05, 4.69) is 46.4 Å². The van der Waals surface area contributed by atoms with Gasteiger partial charge < -0.3 is 50.6 Å². The first kappa shape index (κ1) is 70.2. The topological polar surface area (TPSA) is 335 Å². The van der Waals surface area contributed by atoms with E-state index in [1.807, 2.05) is 69.3 Å². The zero-order valence-corrected chi connectivity index (χ0v) is 59.6. The molecule has 8 heterocycles. The Morgan fingerprint density at radius 3 is 1.11 bits per heavy atom. The summed E-state index contributed by atoms with van der Waals surface area (Å²) >= 11 is 0. The van der Waals surface area contributed by atoms with Crippen LogP contribution in [-0.2, 0) is 35.3 Å². The van der Waals surface area contributed by atoms with Crippen molar-refractivity contribution < 1.29 is 47.9 Å². The van der Waals surface area contributed by atoms with E-state index in [-0.39, 0.29) is 29.3 Å². The maximum atomic E-state index is 13.9. The lowest BCUT2D eigenvalue weighted by atomic mass is 10.0. The second-order valence-corrected chi connectivity index (χ2v) is 26.0. The van der Waals surface area contributed by atoms with Crippen molar-refractivity contribution >= 4 is 99.5 Å². The van der Waals surface area contributed by atoms with Crippen molar-refractivity contribution in [3.8, 4) is 34.2 Å². The second-order valence-electron chi connectivity index (χ2n) is 26.0. The number of rotatable bonds is 19. The average molecular weight is 1460 g/mol. The van der Waals surface area contributed by atoms with Crippen molar-refractivity contribution in [2.75, 3.05) is 70.6 Å². The summed E-state index contributed by atoms with van der Waals surface area (Å²) in [6, 6.07) is 57.5. The van der Waals surface area contributed by atoms with Crippen molar-refractivity contribution in [2.45, 2.75) is 46.5 Å². The molecule has 109 heavy (non-hydrogen) atoms. The lowest BCUT2D eigenvalue weighted by Gasteiger charge is -2.27. The maximum Gasteiger partial charge on any atom is 0.277 e. The van der Waals surface area contributed by atoms with Gasteiger partial charge in [-0.3, -0.25) is 33.6 Å². The summed E-state index contributed by atoms with van der Waals surface area (Å²) in [5, 5.41) is 49.6. The molecule has 7 amide bonds. The van der Waals surface area contributed by atoms with Gasteiger partial charge in [0, 0.05) is 88.4 Å². The fourth-order valence-corrected chi connectivity index (χ4v) is 13.8. The molecule has 16 rings (SSSR count). The lowest BCUT2D eigenvalue weighted by Crippen LogP contribution is -2.39. The standard InChI is InChI=1S/C40H34N10O5.C40H35N9O5/c1-24-3-9-29(10-4-24)49-35-32(34(45-49)37(41)52)19-21-47(39(35)53)27-11-5-25(6-12-27)43-44-26-7-13-28(14-8-26)48-22-20-33-36(40(48)54)50(46-38(33)42-23-51)30-15-17-31(55-2)18-16-30;1-25-4-8-30(9-5-25)47-36-34(26(2)42-47)20-22-45(39(36)51)29-12-14-32(15-13-29)49(53)43-27-6-10-28(11-7-27)46-23-21-35-37(40(46)52)48(44-38(35)41-24-50)31-16-18-33(54-3)19-17-31/h3-18,23H,19-22H2,1-2H3,(H2,41,52)(H,42,46,51);4-19,24H,20-23H2,1-3H3,(H,41,44,50). The first-order valence-electron chi connectivity index (χ1n) is 34.8. The van der Waals surface area contributed by atoms with Gasteiger partial charge in [0.25, 0.3) is 29.5 Å². The highest BCUT2D eigenvalue weighted by Crippen LogP contribution is 2.38. The molecule has 4 aliphatic rings. The Hall–Kier alpha value is -14.5. The molecule has 29 nitrogen and oxygen atoms in total. The number of benzene rings is 8. The molecule has 12 aromatic rings. The molecule has 29 heteroatoms. The number of ether oxygens (including phenoxy) is 2. The summed E-state index contributed by atoms with van der Waals surface area (Å²) in [6.45, 7) is 7.49. The van der Waals surface area contributed by atoms with E-state index in [0.29, 0.717) is 195 Å². The fraction of sp³-hybridized carbons (Fsp3) is 0.163. The minimum Gasteiger partial charge on any atom is -0.594 e. The summed E-state index contributed by atoms with van der Waals surface area (Å²) in [7, 11) is 3.15. The van der Waals surface area contributed by atoms with E-state index in [1.165, 1.54) is 9.36 Å². The van der Waals surface area contributed by atoms with Gasteiger partial charge in [-0.15, -0.1) is 10.2 Å². The number of nitrogens with zero attached hydrogens (tertiary/aromatic N) is 16. The molecule has 8 aromatic carbocycles. The number of amides is 7. The monoisotopic (exact) mass is 1460 g/mol. The van der Waals surface area contributed by atoms with Crippen LogP contribution in [0.4, 0.5) is 57.1 Å². The number of hydrogen-bond donors (Lipinski definition) is 3. The molecule has 0 saturated heterocycles. The fourth-order valence-electron chi connectivity index (χ4n) is 13.8. The number of aromatic nitrogens is 8. The third kappa shape index (κ3) is 13.5. The molecular weight excluding hydrogens is 1390 g/mol. The second kappa shape index (κ2) is 29.6. The Balaban J connectivity index is 0.000000174. The number of nitrogens with two attached hydrogens (primary N) is 1. The third-order valence-corrected chi connectivity index (χ3v) is 19.4. The number of fused-ring (bicyclic) bond motifs is 4.